The average molecular weight is 415 g/mol. The summed E-state index contributed by atoms with van der Waals surface area (Å²) in [6.07, 6.45) is 4.75. The number of carbonyl (C=O) groups is 3. The number of rotatable bonds is 7. The molecule has 0 spiro atoms. The van der Waals surface area contributed by atoms with E-state index in [-0.39, 0.29) is 36.5 Å². The van der Waals surface area contributed by atoms with Crippen molar-refractivity contribution >= 4 is 23.3 Å². The molecule has 6 nitrogen and oxygen atoms in total. The highest BCUT2D eigenvalue weighted by molar-refractivity contribution is 6.00. The second kappa shape index (κ2) is 9.60. The van der Waals surface area contributed by atoms with Crippen LogP contribution in [0.15, 0.2) is 76.0 Å². The molecular weight excluding hydrogens is 390 g/mol. The molecule has 1 unspecified atom stereocenters. The SMILES string of the molecule is O=C(CCC(=O)c1ccccc1)Nc1cccc(CC2N=NC(=O)C3=C2CCCC3)c1. The molecule has 1 heterocycles. The van der Waals surface area contributed by atoms with E-state index in [2.05, 4.69) is 15.5 Å². The molecule has 1 atom stereocenters. The number of azo groups is 1. The largest absolute Gasteiger partial charge is 0.326 e. The number of benzene rings is 2. The zero-order valence-electron chi connectivity index (χ0n) is 17.3. The molecule has 2 amide bonds. The molecular formula is C25H25N3O3. The molecule has 6 heteroatoms. The Morgan fingerprint density at radius 2 is 1.77 bits per heavy atom. The maximum Gasteiger partial charge on any atom is 0.291 e. The predicted molar refractivity (Wildman–Crippen MR) is 118 cm³/mol. The van der Waals surface area contributed by atoms with Gasteiger partial charge in [-0.1, -0.05) is 42.5 Å². The number of hydrogen-bond donors (Lipinski definition) is 1. The molecule has 31 heavy (non-hydrogen) atoms. The standard InChI is InChI=1S/C25H25N3O3/c29-23(18-8-2-1-3-9-18)13-14-24(30)26-19-10-6-7-17(15-19)16-22-20-11-4-5-12-21(20)25(31)28-27-22/h1-3,6-10,15,22H,4-5,11-14,16H2,(H,26,30). The Morgan fingerprint density at radius 3 is 2.61 bits per heavy atom. The third-order valence-electron chi connectivity index (χ3n) is 5.77. The second-order valence-corrected chi connectivity index (χ2v) is 7.99. The molecule has 2 aromatic rings. The van der Waals surface area contributed by atoms with Gasteiger partial charge >= 0.3 is 0 Å². The molecule has 2 aromatic carbocycles. The minimum Gasteiger partial charge on any atom is -0.326 e. The van der Waals surface area contributed by atoms with Gasteiger partial charge in [0.2, 0.25) is 5.91 Å². The summed E-state index contributed by atoms with van der Waals surface area (Å²) in [7, 11) is 0. The van der Waals surface area contributed by atoms with Crippen molar-refractivity contribution in [2.45, 2.75) is 51.0 Å². The van der Waals surface area contributed by atoms with Gasteiger partial charge in [0.15, 0.2) is 5.78 Å². The van der Waals surface area contributed by atoms with E-state index >= 15 is 0 Å². The normalized spacial score (nSPS) is 17.9. The van der Waals surface area contributed by atoms with Crippen molar-refractivity contribution < 1.29 is 14.4 Å². The lowest BCUT2D eigenvalue weighted by Gasteiger charge is -2.25. The fraction of sp³-hybridized carbons (Fsp3) is 0.320. The maximum absolute atomic E-state index is 12.3. The first-order chi connectivity index (χ1) is 15.1. The quantitative estimate of drug-likeness (QED) is 0.641. The Labute approximate surface area is 181 Å². The summed E-state index contributed by atoms with van der Waals surface area (Å²) in [5.74, 6) is -0.420. The maximum atomic E-state index is 12.3. The van der Waals surface area contributed by atoms with Crippen LogP contribution in [0.2, 0.25) is 0 Å². The number of Topliss-reactive ketones (excluding diaryl/α,β-unsaturated/α-hetero) is 1. The number of amides is 2. The Hall–Kier alpha value is -3.41. The van der Waals surface area contributed by atoms with E-state index in [0.29, 0.717) is 17.7 Å². The van der Waals surface area contributed by atoms with Gasteiger partial charge in [0, 0.05) is 36.1 Å². The number of anilines is 1. The fourth-order valence-electron chi connectivity index (χ4n) is 4.18. The smallest absolute Gasteiger partial charge is 0.291 e. The van der Waals surface area contributed by atoms with Crippen LogP contribution >= 0.6 is 0 Å². The Balaban J connectivity index is 1.36. The van der Waals surface area contributed by atoms with E-state index in [4.69, 9.17) is 0 Å². The van der Waals surface area contributed by atoms with E-state index in [1.807, 2.05) is 42.5 Å². The first-order valence-electron chi connectivity index (χ1n) is 10.7. The van der Waals surface area contributed by atoms with Crippen LogP contribution in [0.1, 0.15) is 54.4 Å². The molecule has 1 aliphatic heterocycles. The summed E-state index contributed by atoms with van der Waals surface area (Å²) < 4.78 is 0. The van der Waals surface area contributed by atoms with Crippen molar-refractivity contribution in [1.82, 2.24) is 0 Å². The van der Waals surface area contributed by atoms with Gasteiger partial charge in [0.1, 0.15) is 0 Å². The number of nitrogens with zero attached hydrogens (tertiary/aromatic N) is 2. The van der Waals surface area contributed by atoms with Crippen molar-refractivity contribution in [1.29, 1.82) is 0 Å². The zero-order chi connectivity index (χ0) is 21.6. The van der Waals surface area contributed by atoms with Crippen LogP contribution in [0.3, 0.4) is 0 Å². The highest BCUT2D eigenvalue weighted by Gasteiger charge is 2.28. The lowest BCUT2D eigenvalue weighted by molar-refractivity contribution is -0.116. The number of carbonyl (C=O) groups excluding carboxylic acids is 3. The topological polar surface area (TPSA) is 88.0 Å². The molecule has 0 saturated heterocycles. The molecule has 1 N–H and O–H groups in total. The summed E-state index contributed by atoms with van der Waals surface area (Å²) in [6.45, 7) is 0. The average Bonchev–Trinajstić information content (AvgIpc) is 2.80. The molecule has 2 aliphatic rings. The Bertz CT molecular complexity index is 1060. The number of hydrogen-bond acceptors (Lipinski definition) is 4. The van der Waals surface area contributed by atoms with Gasteiger partial charge in [-0.15, -0.1) is 5.11 Å². The van der Waals surface area contributed by atoms with Gasteiger partial charge < -0.3 is 5.32 Å². The minimum atomic E-state index is -0.193. The van der Waals surface area contributed by atoms with Crippen LogP contribution in [0, 0.1) is 0 Å². The third kappa shape index (κ3) is 5.20. The monoisotopic (exact) mass is 415 g/mol. The van der Waals surface area contributed by atoms with Crippen LogP contribution in [-0.4, -0.2) is 23.6 Å². The van der Waals surface area contributed by atoms with E-state index in [0.717, 1.165) is 42.4 Å². The molecule has 0 saturated carbocycles. The van der Waals surface area contributed by atoms with Crippen molar-refractivity contribution in [3.8, 4) is 0 Å². The van der Waals surface area contributed by atoms with E-state index in [1.165, 1.54) is 0 Å². The summed E-state index contributed by atoms with van der Waals surface area (Å²) in [6, 6.07) is 16.5. The highest BCUT2D eigenvalue weighted by Crippen LogP contribution is 2.33. The van der Waals surface area contributed by atoms with Gasteiger partial charge in [-0.25, -0.2) is 0 Å². The van der Waals surface area contributed by atoms with Crippen LogP contribution in [0.5, 0.6) is 0 Å². The second-order valence-electron chi connectivity index (χ2n) is 7.99. The van der Waals surface area contributed by atoms with Crippen LogP contribution in [0.4, 0.5) is 5.69 Å². The Kier molecular flexibility index (Phi) is 6.46. The lowest BCUT2D eigenvalue weighted by Crippen LogP contribution is -2.23. The Morgan fingerprint density at radius 1 is 0.968 bits per heavy atom. The third-order valence-corrected chi connectivity index (χ3v) is 5.77. The van der Waals surface area contributed by atoms with Crippen molar-refractivity contribution in [2.75, 3.05) is 5.32 Å². The first kappa shape index (κ1) is 20.8. The molecule has 0 bridgehead atoms. The molecule has 158 valence electrons. The summed E-state index contributed by atoms with van der Waals surface area (Å²) in [4.78, 5) is 36.5. The van der Waals surface area contributed by atoms with Crippen molar-refractivity contribution in [3.05, 3.63) is 76.9 Å². The van der Waals surface area contributed by atoms with Crippen LogP contribution in [-0.2, 0) is 16.0 Å². The van der Waals surface area contributed by atoms with Crippen molar-refractivity contribution in [3.63, 3.8) is 0 Å². The summed E-state index contributed by atoms with van der Waals surface area (Å²) >= 11 is 0. The minimum absolute atomic E-state index is 0.0433. The van der Waals surface area contributed by atoms with Gasteiger partial charge in [-0.3, -0.25) is 14.4 Å². The van der Waals surface area contributed by atoms with Crippen LogP contribution in [0.25, 0.3) is 0 Å². The van der Waals surface area contributed by atoms with Crippen LogP contribution < -0.4 is 5.32 Å². The zero-order valence-corrected chi connectivity index (χ0v) is 17.3. The molecule has 1 aliphatic carbocycles. The molecule has 0 aromatic heterocycles. The highest BCUT2D eigenvalue weighted by atomic mass is 16.2. The van der Waals surface area contributed by atoms with E-state index < -0.39 is 0 Å². The van der Waals surface area contributed by atoms with E-state index in [1.54, 1.807) is 12.1 Å². The molecule has 0 fully saturated rings. The van der Waals surface area contributed by atoms with Crippen molar-refractivity contribution in [2.24, 2.45) is 10.2 Å². The van der Waals surface area contributed by atoms with Gasteiger partial charge in [-0.05, 0) is 49.0 Å². The predicted octanol–water partition coefficient (Wildman–Crippen LogP) is 5.06. The van der Waals surface area contributed by atoms with Gasteiger partial charge in [0.25, 0.3) is 5.91 Å². The van der Waals surface area contributed by atoms with Gasteiger partial charge in [-0.2, -0.15) is 5.11 Å². The van der Waals surface area contributed by atoms with E-state index in [9.17, 15) is 14.4 Å². The lowest BCUT2D eigenvalue weighted by atomic mass is 9.84. The van der Waals surface area contributed by atoms with Gasteiger partial charge in [0.05, 0.1) is 6.04 Å². The number of nitrogens with one attached hydrogen (secondary N) is 1. The molecule has 0 radical (unpaired) electrons. The fourth-order valence-corrected chi connectivity index (χ4v) is 4.18. The molecule has 4 rings (SSSR count). The number of ketones is 1. The first-order valence-corrected chi connectivity index (χ1v) is 10.7. The summed E-state index contributed by atoms with van der Waals surface area (Å²) in [5, 5.41) is 11.0. The summed E-state index contributed by atoms with van der Waals surface area (Å²) in [5.41, 5.74) is 4.30.